The zero-order valence-corrected chi connectivity index (χ0v) is 12.2. The molecule has 2 aromatic carbocycles. The van der Waals surface area contributed by atoms with Crippen LogP contribution >= 0.6 is 7.60 Å². The number of aryl methyl sites for hydroxylation is 2. The van der Waals surface area contributed by atoms with Gasteiger partial charge in [0, 0.05) is 0 Å². The van der Waals surface area contributed by atoms with Gasteiger partial charge in [-0.25, -0.2) is 4.57 Å². The van der Waals surface area contributed by atoms with Crippen molar-refractivity contribution in [3.63, 3.8) is 0 Å². The van der Waals surface area contributed by atoms with Crippen LogP contribution in [-0.4, -0.2) is 6.66 Å². The molecule has 19 heavy (non-hydrogen) atoms. The lowest BCUT2D eigenvalue weighted by atomic mass is 10.2. The lowest BCUT2D eigenvalue weighted by Gasteiger charge is -2.18. The van der Waals surface area contributed by atoms with Gasteiger partial charge in [0.2, 0.25) is 0 Å². The van der Waals surface area contributed by atoms with E-state index in [1.54, 1.807) is 12.1 Å². The molecule has 0 aliphatic rings. The summed E-state index contributed by atoms with van der Waals surface area (Å²) in [5.41, 5.74) is 1.86. The van der Waals surface area contributed by atoms with E-state index in [0.29, 0.717) is 11.5 Å². The molecule has 0 amide bonds. The van der Waals surface area contributed by atoms with Gasteiger partial charge in [-0.1, -0.05) is 36.4 Å². The lowest BCUT2D eigenvalue weighted by Crippen LogP contribution is -2.01. The molecule has 0 fully saturated rings. The quantitative estimate of drug-likeness (QED) is 0.766. The maximum absolute atomic E-state index is 12.4. The summed E-state index contributed by atoms with van der Waals surface area (Å²) >= 11 is 0. The first-order valence-electron chi connectivity index (χ1n) is 6.06. The van der Waals surface area contributed by atoms with Crippen LogP contribution in [0.2, 0.25) is 0 Å². The fourth-order valence-electron chi connectivity index (χ4n) is 1.69. The highest BCUT2D eigenvalue weighted by molar-refractivity contribution is 7.53. The van der Waals surface area contributed by atoms with Crippen LogP contribution in [0.4, 0.5) is 0 Å². The topological polar surface area (TPSA) is 35.5 Å². The second-order valence-electron chi connectivity index (χ2n) is 4.48. The van der Waals surface area contributed by atoms with Gasteiger partial charge in [-0.05, 0) is 37.1 Å². The molecule has 4 heteroatoms. The molecule has 100 valence electrons. The monoisotopic (exact) mass is 276 g/mol. The van der Waals surface area contributed by atoms with Crippen molar-refractivity contribution in [1.29, 1.82) is 0 Å². The lowest BCUT2D eigenvalue weighted by molar-refractivity contribution is 0.391. The average Bonchev–Trinajstić information content (AvgIpc) is 2.35. The molecule has 0 atom stereocenters. The van der Waals surface area contributed by atoms with E-state index in [1.165, 1.54) is 6.66 Å². The molecule has 0 N–H and O–H groups in total. The molecule has 0 saturated carbocycles. The third kappa shape index (κ3) is 3.62. The summed E-state index contributed by atoms with van der Waals surface area (Å²) in [6.45, 7) is 5.29. The zero-order chi connectivity index (χ0) is 13.9. The van der Waals surface area contributed by atoms with Crippen molar-refractivity contribution in [2.24, 2.45) is 0 Å². The van der Waals surface area contributed by atoms with E-state index in [2.05, 4.69) is 0 Å². The average molecular weight is 276 g/mol. The van der Waals surface area contributed by atoms with Gasteiger partial charge in [-0.15, -0.1) is 0 Å². The second kappa shape index (κ2) is 5.50. The van der Waals surface area contributed by atoms with E-state index < -0.39 is 7.60 Å². The highest BCUT2D eigenvalue weighted by Crippen LogP contribution is 2.46. The van der Waals surface area contributed by atoms with Gasteiger partial charge in [-0.3, -0.25) is 0 Å². The van der Waals surface area contributed by atoms with Crippen LogP contribution in [0, 0.1) is 13.8 Å². The molecular formula is C15H17O3P. The summed E-state index contributed by atoms with van der Waals surface area (Å²) in [6.07, 6.45) is 0. The molecule has 0 aliphatic heterocycles. The number of hydrogen-bond donors (Lipinski definition) is 0. The number of para-hydroxylation sites is 2. The van der Waals surface area contributed by atoms with Gasteiger partial charge in [0.1, 0.15) is 11.5 Å². The largest absolute Gasteiger partial charge is 0.427 e. The Bertz CT molecular complexity index is 571. The van der Waals surface area contributed by atoms with E-state index in [0.717, 1.165) is 11.1 Å². The molecule has 0 aliphatic carbocycles. The van der Waals surface area contributed by atoms with E-state index in [4.69, 9.17) is 9.05 Å². The maximum Gasteiger partial charge on any atom is 0.427 e. The number of hydrogen-bond acceptors (Lipinski definition) is 3. The van der Waals surface area contributed by atoms with Crippen molar-refractivity contribution in [2.45, 2.75) is 13.8 Å². The Hall–Kier alpha value is -1.73. The highest BCUT2D eigenvalue weighted by atomic mass is 31.2. The minimum Gasteiger partial charge on any atom is -0.416 e. The Kier molecular flexibility index (Phi) is 3.96. The molecule has 0 bridgehead atoms. The van der Waals surface area contributed by atoms with Crippen LogP contribution in [-0.2, 0) is 4.57 Å². The Morgan fingerprint density at radius 1 is 0.789 bits per heavy atom. The van der Waals surface area contributed by atoms with Gasteiger partial charge in [0.25, 0.3) is 0 Å². The normalized spacial score (nSPS) is 11.1. The third-order valence-corrected chi connectivity index (χ3v) is 3.77. The first-order valence-corrected chi connectivity index (χ1v) is 8.05. The zero-order valence-electron chi connectivity index (χ0n) is 11.3. The Balaban J connectivity index is 2.18. The fourth-order valence-corrected chi connectivity index (χ4v) is 2.86. The van der Waals surface area contributed by atoms with Crippen molar-refractivity contribution in [2.75, 3.05) is 6.66 Å². The molecule has 0 aromatic heterocycles. The molecule has 0 unspecified atom stereocenters. The first kappa shape index (κ1) is 13.7. The van der Waals surface area contributed by atoms with Gasteiger partial charge in [-0.2, -0.15) is 0 Å². The summed E-state index contributed by atoms with van der Waals surface area (Å²) in [6, 6.07) is 14.9. The van der Waals surface area contributed by atoms with E-state index in [1.807, 2.05) is 50.2 Å². The highest BCUT2D eigenvalue weighted by Gasteiger charge is 2.21. The summed E-state index contributed by atoms with van der Waals surface area (Å²) in [5.74, 6) is 1.17. The Labute approximate surface area is 113 Å². The van der Waals surface area contributed by atoms with E-state index in [-0.39, 0.29) is 0 Å². The minimum absolute atomic E-state index is 0.585. The van der Waals surface area contributed by atoms with E-state index in [9.17, 15) is 4.57 Å². The molecule has 2 rings (SSSR count). The summed E-state index contributed by atoms with van der Waals surface area (Å²) < 4.78 is 23.5. The van der Waals surface area contributed by atoms with Crippen LogP contribution in [0.3, 0.4) is 0 Å². The van der Waals surface area contributed by atoms with Crippen LogP contribution in [0.5, 0.6) is 11.5 Å². The van der Waals surface area contributed by atoms with Crippen molar-refractivity contribution < 1.29 is 13.6 Å². The van der Waals surface area contributed by atoms with Crippen LogP contribution in [0.25, 0.3) is 0 Å². The predicted octanol–water partition coefficient (Wildman–Crippen LogP) is 4.58. The van der Waals surface area contributed by atoms with Crippen molar-refractivity contribution in [1.82, 2.24) is 0 Å². The van der Waals surface area contributed by atoms with Crippen molar-refractivity contribution in [3.8, 4) is 11.5 Å². The molecule has 0 saturated heterocycles. The summed E-state index contributed by atoms with van der Waals surface area (Å²) in [7, 11) is -3.19. The Morgan fingerprint density at radius 2 is 1.16 bits per heavy atom. The standard InChI is InChI=1S/C15H17O3P/c1-12-8-4-6-10-14(12)17-19(3,16)18-15-11-7-5-9-13(15)2/h4-11H,1-3H3. The third-order valence-electron chi connectivity index (χ3n) is 2.72. The Morgan fingerprint density at radius 3 is 1.53 bits per heavy atom. The molecule has 0 radical (unpaired) electrons. The number of rotatable bonds is 4. The van der Waals surface area contributed by atoms with Crippen LogP contribution in [0.15, 0.2) is 48.5 Å². The van der Waals surface area contributed by atoms with Gasteiger partial charge >= 0.3 is 7.60 Å². The molecule has 0 spiro atoms. The fraction of sp³-hybridized carbons (Fsp3) is 0.200. The van der Waals surface area contributed by atoms with Crippen molar-refractivity contribution in [3.05, 3.63) is 59.7 Å². The number of benzene rings is 2. The SMILES string of the molecule is Cc1ccccc1OP(C)(=O)Oc1ccccc1C. The van der Waals surface area contributed by atoms with Crippen LogP contribution < -0.4 is 9.05 Å². The van der Waals surface area contributed by atoms with Crippen molar-refractivity contribution >= 4 is 7.60 Å². The molecule has 0 heterocycles. The van der Waals surface area contributed by atoms with Gasteiger partial charge in [0.05, 0.1) is 6.66 Å². The molecular weight excluding hydrogens is 259 g/mol. The molecule has 3 nitrogen and oxygen atoms in total. The van der Waals surface area contributed by atoms with Gasteiger partial charge in [0.15, 0.2) is 0 Å². The molecule has 2 aromatic rings. The van der Waals surface area contributed by atoms with E-state index >= 15 is 0 Å². The van der Waals surface area contributed by atoms with Gasteiger partial charge < -0.3 is 9.05 Å². The summed E-state index contributed by atoms with van der Waals surface area (Å²) in [5, 5.41) is 0. The predicted molar refractivity (Wildman–Crippen MR) is 77.1 cm³/mol. The minimum atomic E-state index is -3.19. The van der Waals surface area contributed by atoms with Crippen LogP contribution in [0.1, 0.15) is 11.1 Å². The summed E-state index contributed by atoms with van der Waals surface area (Å²) in [4.78, 5) is 0. The smallest absolute Gasteiger partial charge is 0.416 e. The maximum atomic E-state index is 12.4. The second-order valence-corrected chi connectivity index (χ2v) is 6.39. The first-order chi connectivity index (χ1) is 8.98.